The number of hydrogen-bond donors (Lipinski definition) is 1. The van der Waals surface area contributed by atoms with Crippen LogP contribution in [0.5, 0.6) is 5.75 Å². The van der Waals surface area contributed by atoms with Crippen molar-refractivity contribution in [2.45, 2.75) is 33.1 Å². The monoisotopic (exact) mass is 345 g/mol. The Hall–Kier alpha value is -2.50. The third-order valence-electron chi connectivity index (χ3n) is 4.24. The first-order valence-corrected chi connectivity index (χ1v) is 8.46. The summed E-state index contributed by atoms with van der Waals surface area (Å²) < 4.78 is 20.9. The van der Waals surface area contributed by atoms with Crippen LogP contribution in [0, 0.1) is 17.1 Å². The molecule has 0 aliphatic heterocycles. The number of hydrogen-bond acceptors (Lipinski definition) is 4. The van der Waals surface area contributed by atoms with Gasteiger partial charge in [0, 0.05) is 24.4 Å². The number of aromatic nitrogens is 2. The third kappa shape index (κ3) is 4.98. The Morgan fingerprint density at radius 1 is 1.36 bits per heavy atom. The second-order valence-corrected chi connectivity index (χ2v) is 6.11. The number of nitrogens with zero attached hydrogens (tertiary/aromatic N) is 2. The lowest BCUT2D eigenvalue weighted by molar-refractivity contribution is 0.297. The summed E-state index contributed by atoms with van der Waals surface area (Å²) in [4.78, 5) is 11.4. The molecule has 0 amide bonds. The first-order valence-electron chi connectivity index (χ1n) is 8.46. The largest absolute Gasteiger partial charge is 0.491 e. The van der Waals surface area contributed by atoms with Crippen LogP contribution in [-0.4, -0.2) is 22.1 Å². The van der Waals surface area contributed by atoms with Gasteiger partial charge in [0.25, 0.3) is 5.56 Å². The van der Waals surface area contributed by atoms with Gasteiger partial charge in [0.05, 0.1) is 12.3 Å². The Morgan fingerprint density at radius 2 is 2.12 bits per heavy atom. The maximum absolute atomic E-state index is 14.2. The third-order valence-corrected chi connectivity index (χ3v) is 4.24. The van der Waals surface area contributed by atoms with Crippen LogP contribution in [0.4, 0.5) is 4.39 Å². The van der Waals surface area contributed by atoms with Crippen LogP contribution in [0.15, 0.2) is 35.1 Å². The molecule has 25 heavy (non-hydrogen) atoms. The van der Waals surface area contributed by atoms with Gasteiger partial charge in [-0.15, -0.1) is 0 Å². The zero-order valence-corrected chi connectivity index (χ0v) is 14.9. The fraction of sp³-hybridized carbons (Fsp3) is 0.421. The Morgan fingerprint density at radius 3 is 2.76 bits per heavy atom. The van der Waals surface area contributed by atoms with E-state index in [9.17, 15) is 9.18 Å². The molecule has 2 aromatic rings. The zero-order valence-electron chi connectivity index (χ0n) is 14.9. The van der Waals surface area contributed by atoms with E-state index in [1.807, 2.05) is 6.92 Å². The van der Waals surface area contributed by atoms with E-state index in [4.69, 9.17) is 10.1 Å². The second-order valence-electron chi connectivity index (χ2n) is 6.11. The summed E-state index contributed by atoms with van der Waals surface area (Å²) in [5, 5.41) is 12.0. The van der Waals surface area contributed by atoms with Crippen LogP contribution in [0.25, 0.3) is 11.3 Å². The van der Waals surface area contributed by atoms with E-state index in [0.29, 0.717) is 36.4 Å². The van der Waals surface area contributed by atoms with Gasteiger partial charge < -0.3 is 10.1 Å². The molecule has 0 spiro atoms. The minimum atomic E-state index is -0.467. The van der Waals surface area contributed by atoms with Crippen LogP contribution < -0.4 is 10.3 Å². The van der Waals surface area contributed by atoms with Crippen LogP contribution in [-0.2, 0) is 7.05 Å². The van der Waals surface area contributed by atoms with E-state index in [1.54, 1.807) is 25.2 Å². The van der Waals surface area contributed by atoms with Crippen molar-refractivity contribution >= 4 is 5.71 Å². The second kappa shape index (κ2) is 8.55. The van der Waals surface area contributed by atoms with Gasteiger partial charge in [-0.2, -0.15) is 5.10 Å². The van der Waals surface area contributed by atoms with Gasteiger partial charge in [0.1, 0.15) is 0 Å². The Bertz CT molecular complexity index is 801. The van der Waals surface area contributed by atoms with E-state index in [2.05, 4.69) is 12.0 Å². The average molecular weight is 345 g/mol. The lowest BCUT2D eigenvalue weighted by Crippen LogP contribution is -2.18. The topological polar surface area (TPSA) is 68.0 Å². The number of aryl methyl sites for hydroxylation is 1. The summed E-state index contributed by atoms with van der Waals surface area (Å²) in [5.41, 5.74) is 1.60. The summed E-state index contributed by atoms with van der Waals surface area (Å²) in [7, 11) is 1.55. The standard InChI is InChI=1S/C19H24FN3O2/c1-4-13(2)16(21)6-5-11-25-18-9-7-14(12-15(18)20)17-8-10-19(24)23(3)22-17/h7-10,12-13,21H,4-6,11H2,1-3H3/t13-/m1/s1. The van der Waals surface area contributed by atoms with E-state index in [0.717, 1.165) is 6.42 Å². The summed E-state index contributed by atoms with van der Waals surface area (Å²) in [6, 6.07) is 7.60. The molecule has 5 nitrogen and oxygen atoms in total. The number of benzene rings is 1. The molecule has 0 radical (unpaired) electrons. The van der Waals surface area contributed by atoms with Crippen molar-refractivity contribution in [1.82, 2.24) is 9.78 Å². The quantitative estimate of drug-likeness (QED) is 0.584. The number of nitrogens with one attached hydrogen (secondary N) is 1. The van der Waals surface area contributed by atoms with Crippen molar-refractivity contribution in [1.29, 1.82) is 5.41 Å². The number of ether oxygens (including phenoxy) is 1. The SMILES string of the molecule is CC[C@@H](C)C(=N)CCCOc1ccc(-c2ccc(=O)n(C)n2)cc1F. The highest BCUT2D eigenvalue weighted by Crippen LogP contribution is 2.24. The average Bonchev–Trinajstić information content (AvgIpc) is 2.61. The summed E-state index contributed by atoms with van der Waals surface area (Å²) in [5.74, 6) is -0.000785. The molecule has 0 fully saturated rings. The predicted octanol–water partition coefficient (Wildman–Crippen LogP) is 3.81. The maximum atomic E-state index is 14.2. The molecular weight excluding hydrogens is 321 g/mol. The molecular formula is C19H24FN3O2. The molecule has 0 bridgehead atoms. The minimum Gasteiger partial charge on any atom is -0.491 e. The van der Waals surface area contributed by atoms with Crippen molar-refractivity contribution in [3.8, 4) is 17.0 Å². The van der Waals surface area contributed by atoms with E-state index in [-0.39, 0.29) is 17.2 Å². The van der Waals surface area contributed by atoms with E-state index >= 15 is 0 Å². The smallest absolute Gasteiger partial charge is 0.266 e. The predicted molar refractivity (Wildman–Crippen MR) is 96.8 cm³/mol. The lowest BCUT2D eigenvalue weighted by Gasteiger charge is -2.12. The van der Waals surface area contributed by atoms with Gasteiger partial charge in [-0.3, -0.25) is 4.79 Å². The van der Waals surface area contributed by atoms with Gasteiger partial charge in [-0.25, -0.2) is 9.07 Å². The highest BCUT2D eigenvalue weighted by atomic mass is 19.1. The molecule has 0 aliphatic carbocycles. The van der Waals surface area contributed by atoms with Gasteiger partial charge in [-0.05, 0) is 49.4 Å². The molecule has 1 aromatic carbocycles. The van der Waals surface area contributed by atoms with E-state index < -0.39 is 5.82 Å². The molecule has 1 heterocycles. The molecule has 1 atom stereocenters. The molecule has 0 unspecified atom stereocenters. The Labute approximate surface area is 147 Å². The molecule has 0 saturated heterocycles. The van der Waals surface area contributed by atoms with E-state index in [1.165, 1.54) is 16.8 Å². The van der Waals surface area contributed by atoms with Gasteiger partial charge >= 0.3 is 0 Å². The van der Waals surface area contributed by atoms with Gasteiger partial charge in [0.15, 0.2) is 11.6 Å². The first-order chi connectivity index (χ1) is 11.9. The van der Waals surface area contributed by atoms with Crippen molar-refractivity contribution < 1.29 is 9.13 Å². The fourth-order valence-corrected chi connectivity index (χ4v) is 2.37. The molecule has 0 saturated carbocycles. The van der Waals surface area contributed by atoms with Crippen LogP contribution in [0.3, 0.4) is 0 Å². The highest BCUT2D eigenvalue weighted by molar-refractivity contribution is 5.83. The van der Waals surface area contributed by atoms with Gasteiger partial charge in [0.2, 0.25) is 0 Å². The van der Waals surface area contributed by atoms with Crippen molar-refractivity contribution in [3.05, 3.63) is 46.5 Å². The number of halogens is 1. The number of rotatable bonds is 8. The van der Waals surface area contributed by atoms with Crippen LogP contribution >= 0.6 is 0 Å². The van der Waals surface area contributed by atoms with Crippen molar-refractivity contribution in [2.24, 2.45) is 13.0 Å². The summed E-state index contributed by atoms with van der Waals surface area (Å²) in [6.07, 6.45) is 2.30. The zero-order chi connectivity index (χ0) is 18.4. The molecule has 6 heteroatoms. The Kier molecular flexibility index (Phi) is 6.44. The molecule has 134 valence electrons. The molecule has 2 rings (SSSR count). The molecule has 1 N–H and O–H groups in total. The highest BCUT2D eigenvalue weighted by Gasteiger charge is 2.09. The first kappa shape index (κ1) is 18.8. The van der Waals surface area contributed by atoms with Crippen molar-refractivity contribution in [2.75, 3.05) is 6.61 Å². The summed E-state index contributed by atoms with van der Waals surface area (Å²) in [6.45, 7) is 4.47. The maximum Gasteiger partial charge on any atom is 0.266 e. The van der Waals surface area contributed by atoms with Crippen molar-refractivity contribution in [3.63, 3.8) is 0 Å². The minimum absolute atomic E-state index is 0.184. The lowest BCUT2D eigenvalue weighted by atomic mass is 9.99. The van der Waals surface area contributed by atoms with Gasteiger partial charge in [-0.1, -0.05) is 13.8 Å². The summed E-state index contributed by atoms with van der Waals surface area (Å²) >= 11 is 0. The molecule has 1 aromatic heterocycles. The Balaban J connectivity index is 1.96. The normalized spacial score (nSPS) is 12.0. The van der Waals surface area contributed by atoms with Crippen LogP contribution in [0.2, 0.25) is 0 Å². The van der Waals surface area contributed by atoms with Crippen LogP contribution in [0.1, 0.15) is 33.1 Å². The fourth-order valence-electron chi connectivity index (χ4n) is 2.37. The molecule has 0 aliphatic rings.